The monoisotopic (exact) mass is 182 g/mol. The second-order valence-corrected chi connectivity index (χ2v) is 5.52. The molecular formula is C11H22N2. The van der Waals surface area contributed by atoms with Crippen molar-refractivity contribution in [2.45, 2.75) is 45.2 Å². The number of piperazine rings is 1. The molecule has 13 heavy (non-hydrogen) atoms. The van der Waals surface area contributed by atoms with Crippen molar-refractivity contribution in [1.29, 1.82) is 0 Å². The summed E-state index contributed by atoms with van der Waals surface area (Å²) >= 11 is 0. The lowest BCUT2D eigenvalue weighted by atomic mass is 9.72. The first-order valence-corrected chi connectivity index (χ1v) is 5.52. The Balaban J connectivity index is 2.05. The van der Waals surface area contributed by atoms with Crippen molar-refractivity contribution >= 4 is 0 Å². The highest BCUT2D eigenvalue weighted by molar-refractivity contribution is 4.96. The maximum Gasteiger partial charge on any atom is 0.0251 e. The molecule has 2 heteroatoms. The lowest BCUT2D eigenvalue weighted by molar-refractivity contribution is 0.0572. The Morgan fingerprint density at radius 2 is 2.15 bits per heavy atom. The van der Waals surface area contributed by atoms with Gasteiger partial charge in [-0.15, -0.1) is 0 Å². The van der Waals surface area contributed by atoms with Crippen molar-refractivity contribution in [2.75, 3.05) is 20.1 Å². The standard InChI is InChI=1S/C11H22N2/c1-11(2)5-4-9-10(8-11)13(3)7-6-12-9/h9-10,12H,4-8H2,1-3H3. The predicted molar refractivity (Wildman–Crippen MR) is 55.8 cm³/mol. The van der Waals surface area contributed by atoms with E-state index in [1.165, 1.54) is 32.4 Å². The third kappa shape index (κ3) is 1.89. The predicted octanol–water partition coefficient (Wildman–Crippen LogP) is 1.47. The summed E-state index contributed by atoms with van der Waals surface area (Å²) in [6.45, 7) is 7.21. The Labute approximate surface area is 81.7 Å². The zero-order chi connectivity index (χ0) is 9.47. The SMILES string of the molecule is CN1CCNC2CCC(C)(C)CC21. The van der Waals surface area contributed by atoms with Crippen LogP contribution in [0.25, 0.3) is 0 Å². The van der Waals surface area contributed by atoms with Crippen LogP contribution in [0, 0.1) is 5.41 Å². The van der Waals surface area contributed by atoms with Crippen LogP contribution < -0.4 is 5.32 Å². The first-order valence-electron chi connectivity index (χ1n) is 5.52. The molecule has 2 unspecified atom stereocenters. The van der Waals surface area contributed by atoms with E-state index >= 15 is 0 Å². The Morgan fingerprint density at radius 1 is 1.38 bits per heavy atom. The van der Waals surface area contributed by atoms with E-state index in [9.17, 15) is 0 Å². The van der Waals surface area contributed by atoms with Crippen LogP contribution in [-0.2, 0) is 0 Å². The number of nitrogens with one attached hydrogen (secondary N) is 1. The first-order chi connectivity index (χ1) is 6.08. The Hall–Kier alpha value is -0.0800. The third-order valence-electron chi connectivity index (χ3n) is 3.80. The average molecular weight is 182 g/mol. The van der Waals surface area contributed by atoms with Gasteiger partial charge in [-0.1, -0.05) is 13.8 Å². The number of rotatable bonds is 0. The van der Waals surface area contributed by atoms with Gasteiger partial charge in [-0.2, -0.15) is 0 Å². The quantitative estimate of drug-likeness (QED) is 0.610. The zero-order valence-electron chi connectivity index (χ0n) is 9.14. The van der Waals surface area contributed by atoms with Gasteiger partial charge in [-0.3, -0.25) is 0 Å². The first kappa shape index (κ1) is 9.47. The van der Waals surface area contributed by atoms with Crippen LogP contribution in [0.5, 0.6) is 0 Å². The van der Waals surface area contributed by atoms with Crippen LogP contribution in [0.15, 0.2) is 0 Å². The van der Waals surface area contributed by atoms with Gasteiger partial charge in [-0.05, 0) is 31.7 Å². The summed E-state index contributed by atoms with van der Waals surface area (Å²) in [5, 5.41) is 3.65. The fraction of sp³-hybridized carbons (Fsp3) is 1.00. The Morgan fingerprint density at radius 3 is 2.92 bits per heavy atom. The van der Waals surface area contributed by atoms with Crippen molar-refractivity contribution in [3.05, 3.63) is 0 Å². The lowest BCUT2D eigenvalue weighted by Crippen LogP contribution is -2.59. The summed E-state index contributed by atoms with van der Waals surface area (Å²) < 4.78 is 0. The number of likely N-dealkylation sites (N-methyl/N-ethyl adjacent to an activating group) is 1. The topological polar surface area (TPSA) is 15.3 Å². The van der Waals surface area contributed by atoms with Gasteiger partial charge in [0.2, 0.25) is 0 Å². The van der Waals surface area contributed by atoms with E-state index in [0.717, 1.165) is 12.1 Å². The van der Waals surface area contributed by atoms with E-state index in [1.54, 1.807) is 0 Å². The maximum absolute atomic E-state index is 3.65. The van der Waals surface area contributed by atoms with Crippen molar-refractivity contribution in [3.8, 4) is 0 Å². The molecule has 0 aromatic heterocycles. The number of hydrogen-bond donors (Lipinski definition) is 1. The van der Waals surface area contributed by atoms with E-state index in [-0.39, 0.29) is 0 Å². The molecule has 2 nitrogen and oxygen atoms in total. The summed E-state index contributed by atoms with van der Waals surface area (Å²) in [5.41, 5.74) is 0.564. The molecule has 0 bridgehead atoms. The van der Waals surface area contributed by atoms with Crippen molar-refractivity contribution in [1.82, 2.24) is 10.2 Å². The molecule has 0 aromatic rings. The van der Waals surface area contributed by atoms with E-state index in [2.05, 4.69) is 31.1 Å². The van der Waals surface area contributed by atoms with E-state index < -0.39 is 0 Å². The molecule has 1 aliphatic carbocycles. The minimum absolute atomic E-state index is 0.564. The molecule has 1 aliphatic heterocycles. The third-order valence-corrected chi connectivity index (χ3v) is 3.80. The molecule has 0 amide bonds. The molecule has 2 atom stereocenters. The lowest BCUT2D eigenvalue weighted by Gasteiger charge is -2.48. The number of fused-ring (bicyclic) bond motifs is 1. The van der Waals surface area contributed by atoms with Gasteiger partial charge in [0.15, 0.2) is 0 Å². The molecule has 2 fully saturated rings. The van der Waals surface area contributed by atoms with Crippen LogP contribution in [-0.4, -0.2) is 37.1 Å². The van der Waals surface area contributed by atoms with Gasteiger partial charge in [0.05, 0.1) is 0 Å². The van der Waals surface area contributed by atoms with Crippen LogP contribution >= 0.6 is 0 Å². The van der Waals surface area contributed by atoms with Crippen molar-refractivity contribution in [2.24, 2.45) is 5.41 Å². The highest BCUT2D eigenvalue weighted by atomic mass is 15.2. The molecular weight excluding hydrogens is 160 g/mol. The van der Waals surface area contributed by atoms with Gasteiger partial charge in [0.1, 0.15) is 0 Å². The van der Waals surface area contributed by atoms with Gasteiger partial charge >= 0.3 is 0 Å². The molecule has 0 spiro atoms. The second-order valence-electron chi connectivity index (χ2n) is 5.52. The molecule has 1 saturated carbocycles. The number of hydrogen-bond acceptors (Lipinski definition) is 2. The molecule has 1 saturated heterocycles. The van der Waals surface area contributed by atoms with Crippen molar-refractivity contribution < 1.29 is 0 Å². The second kappa shape index (κ2) is 3.25. The van der Waals surface area contributed by atoms with Gasteiger partial charge in [-0.25, -0.2) is 0 Å². The summed E-state index contributed by atoms with van der Waals surface area (Å²) in [7, 11) is 2.28. The fourth-order valence-electron chi connectivity index (χ4n) is 2.84. The molecule has 1 heterocycles. The van der Waals surface area contributed by atoms with E-state index in [1.807, 2.05) is 0 Å². The molecule has 0 radical (unpaired) electrons. The smallest absolute Gasteiger partial charge is 0.0251 e. The highest BCUT2D eigenvalue weighted by Crippen LogP contribution is 2.37. The van der Waals surface area contributed by atoms with Gasteiger partial charge < -0.3 is 10.2 Å². The molecule has 2 aliphatic rings. The molecule has 1 N–H and O–H groups in total. The van der Waals surface area contributed by atoms with Gasteiger partial charge in [0.25, 0.3) is 0 Å². The summed E-state index contributed by atoms with van der Waals surface area (Å²) in [4.78, 5) is 2.54. The Bertz CT molecular complexity index is 189. The van der Waals surface area contributed by atoms with Gasteiger partial charge in [0, 0.05) is 25.2 Å². The van der Waals surface area contributed by atoms with Crippen LogP contribution in [0.1, 0.15) is 33.1 Å². The number of nitrogens with zero attached hydrogens (tertiary/aromatic N) is 1. The normalized spacial score (nSPS) is 39.9. The fourth-order valence-corrected chi connectivity index (χ4v) is 2.84. The van der Waals surface area contributed by atoms with E-state index in [4.69, 9.17) is 0 Å². The van der Waals surface area contributed by atoms with Crippen LogP contribution in [0.2, 0.25) is 0 Å². The van der Waals surface area contributed by atoms with E-state index in [0.29, 0.717) is 5.41 Å². The molecule has 76 valence electrons. The Kier molecular flexibility index (Phi) is 2.37. The molecule has 2 rings (SSSR count). The maximum atomic E-state index is 3.65. The average Bonchev–Trinajstić information content (AvgIpc) is 2.06. The van der Waals surface area contributed by atoms with Crippen LogP contribution in [0.3, 0.4) is 0 Å². The summed E-state index contributed by atoms with van der Waals surface area (Å²) in [6, 6.07) is 1.56. The summed E-state index contributed by atoms with van der Waals surface area (Å²) in [5.74, 6) is 0. The largest absolute Gasteiger partial charge is 0.311 e. The van der Waals surface area contributed by atoms with Crippen LogP contribution in [0.4, 0.5) is 0 Å². The summed E-state index contributed by atoms with van der Waals surface area (Å²) in [6.07, 6.45) is 4.11. The van der Waals surface area contributed by atoms with Crippen molar-refractivity contribution in [3.63, 3.8) is 0 Å². The minimum atomic E-state index is 0.564. The zero-order valence-corrected chi connectivity index (χ0v) is 9.14. The highest BCUT2D eigenvalue weighted by Gasteiger charge is 2.38. The molecule has 0 aromatic carbocycles. The minimum Gasteiger partial charge on any atom is -0.311 e.